The molecule has 1 atom stereocenters. The number of rotatable bonds is 2. The van der Waals surface area contributed by atoms with Crippen LogP contribution in [0.5, 0.6) is 0 Å². The number of thiol groups is 1. The Kier molecular flexibility index (Phi) is 3.65. The number of carbonyl (C=O) groups excluding carboxylic acids is 1. The van der Waals surface area contributed by atoms with Crippen LogP contribution in [0.4, 0.5) is 0 Å². The Bertz CT molecular complexity index is 105. The van der Waals surface area contributed by atoms with E-state index in [9.17, 15) is 4.79 Å². The van der Waals surface area contributed by atoms with E-state index in [0.29, 0.717) is 0 Å². The average molecular weight is 149 g/mol. The first-order valence-corrected chi connectivity index (χ1v) is 3.23. The third kappa shape index (κ3) is 2.72. The van der Waals surface area contributed by atoms with E-state index in [1.807, 2.05) is 0 Å². The molecule has 0 fully saturated rings. The lowest BCUT2D eigenvalue weighted by Gasteiger charge is -2.13. The van der Waals surface area contributed by atoms with Crippen LogP contribution in [0.2, 0.25) is 0 Å². The Morgan fingerprint density at radius 3 is 2.33 bits per heavy atom. The summed E-state index contributed by atoms with van der Waals surface area (Å²) in [6.45, 7) is 0. The zero-order chi connectivity index (χ0) is 7.44. The van der Waals surface area contributed by atoms with Gasteiger partial charge >= 0.3 is 0 Å². The maximum Gasteiger partial charge on any atom is 0.251 e. The van der Waals surface area contributed by atoms with Gasteiger partial charge in [0.1, 0.15) is 6.10 Å². The molecule has 1 amide bonds. The van der Waals surface area contributed by atoms with E-state index in [0.717, 1.165) is 0 Å². The van der Waals surface area contributed by atoms with Gasteiger partial charge in [-0.15, -0.1) is 0 Å². The van der Waals surface area contributed by atoms with Crippen LogP contribution in [0.25, 0.3) is 0 Å². The zero-order valence-corrected chi connectivity index (χ0v) is 6.43. The monoisotopic (exact) mass is 149 g/mol. The Labute approximate surface area is 60.1 Å². The largest absolute Gasteiger partial charge is 0.382 e. The van der Waals surface area contributed by atoms with Crippen LogP contribution in [0.1, 0.15) is 0 Å². The molecule has 0 saturated heterocycles. The standard InChI is InChI=1S/C5H11NO2S/c1-6(2)5(8)4(7)3-9/h4,7,9H,3H2,1-2H3. The molecule has 0 aromatic heterocycles. The maximum absolute atomic E-state index is 10.7. The summed E-state index contributed by atoms with van der Waals surface area (Å²) in [5.74, 6) is -0.123. The van der Waals surface area contributed by atoms with E-state index in [1.54, 1.807) is 14.1 Å². The molecule has 0 aliphatic heterocycles. The van der Waals surface area contributed by atoms with Gasteiger partial charge in [-0.25, -0.2) is 0 Å². The molecular weight excluding hydrogens is 138 g/mol. The summed E-state index contributed by atoms with van der Waals surface area (Å²) in [6.07, 6.45) is -0.955. The number of hydrogen-bond acceptors (Lipinski definition) is 3. The van der Waals surface area contributed by atoms with Crippen LogP contribution in [0.15, 0.2) is 0 Å². The summed E-state index contributed by atoms with van der Waals surface area (Å²) in [4.78, 5) is 12.0. The maximum atomic E-state index is 10.7. The fraction of sp³-hybridized carbons (Fsp3) is 0.800. The molecule has 0 aromatic rings. The molecule has 0 radical (unpaired) electrons. The molecule has 1 N–H and O–H groups in total. The predicted molar refractivity (Wildman–Crippen MR) is 38.6 cm³/mol. The van der Waals surface area contributed by atoms with Crippen LogP contribution in [-0.4, -0.2) is 41.9 Å². The van der Waals surface area contributed by atoms with Crippen LogP contribution >= 0.6 is 12.6 Å². The van der Waals surface area contributed by atoms with Crippen molar-refractivity contribution in [3.05, 3.63) is 0 Å². The van der Waals surface area contributed by atoms with E-state index in [2.05, 4.69) is 12.6 Å². The minimum Gasteiger partial charge on any atom is -0.382 e. The quantitative estimate of drug-likeness (QED) is 0.513. The van der Waals surface area contributed by atoms with Crippen molar-refractivity contribution in [3.63, 3.8) is 0 Å². The van der Waals surface area contributed by atoms with Crippen LogP contribution in [0, 0.1) is 0 Å². The molecule has 0 bridgehead atoms. The van der Waals surface area contributed by atoms with E-state index < -0.39 is 6.10 Å². The third-order valence-corrected chi connectivity index (χ3v) is 1.24. The van der Waals surface area contributed by atoms with Gasteiger partial charge in [0.25, 0.3) is 5.91 Å². The van der Waals surface area contributed by atoms with Crippen molar-refractivity contribution in [2.45, 2.75) is 6.10 Å². The van der Waals surface area contributed by atoms with Crippen molar-refractivity contribution in [3.8, 4) is 0 Å². The fourth-order valence-corrected chi connectivity index (χ4v) is 0.532. The first kappa shape index (κ1) is 8.78. The SMILES string of the molecule is CN(C)C(=O)C(O)CS. The highest BCUT2D eigenvalue weighted by atomic mass is 32.1. The second-order valence-corrected chi connectivity index (χ2v) is 2.30. The third-order valence-electron chi connectivity index (χ3n) is 0.899. The average Bonchev–Trinajstić information content (AvgIpc) is 1.84. The zero-order valence-electron chi connectivity index (χ0n) is 5.53. The highest BCUT2D eigenvalue weighted by molar-refractivity contribution is 7.80. The molecule has 0 aliphatic rings. The smallest absolute Gasteiger partial charge is 0.251 e. The molecule has 0 heterocycles. The molecule has 0 spiro atoms. The number of aliphatic hydroxyl groups excluding tert-OH is 1. The lowest BCUT2D eigenvalue weighted by molar-refractivity contribution is -0.136. The van der Waals surface area contributed by atoms with Gasteiger partial charge in [-0.05, 0) is 0 Å². The second kappa shape index (κ2) is 3.74. The van der Waals surface area contributed by atoms with E-state index in [4.69, 9.17) is 5.11 Å². The molecule has 3 nitrogen and oxygen atoms in total. The summed E-state index contributed by atoms with van der Waals surface area (Å²) in [6, 6.07) is 0. The minimum absolute atomic E-state index is 0.178. The van der Waals surface area contributed by atoms with Crippen LogP contribution in [0.3, 0.4) is 0 Å². The molecule has 4 heteroatoms. The highest BCUT2D eigenvalue weighted by Crippen LogP contribution is 1.90. The molecule has 9 heavy (non-hydrogen) atoms. The lowest BCUT2D eigenvalue weighted by Crippen LogP contribution is -2.34. The lowest BCUT2D eigenvalue weighted by atomic mass is 10.4. The van der Waals surface area contributed by atoms with Crippen LogP contribution in [-0.2, 0) is 4.79 Å². The normalized spacial score (nSPS) is 12.9. The van der Waals surface area contributed by atoms with Crippen molar-refractivity contribution in [1.29, 1.82) is 0 Å². The molecule has 54 valence electrons. The predicted octanol–water partition coefficient (Wildman–Crippen LogP) is -0.635. The number of amides is 1. The second-order valence-electron chi connectivity index (χ2n) is 1.93. The Morgan fingerprint density at radius 1 is 1.78 bits per heavy atom. The minimum atomic E-state index is -0.955. The van der Waals surface area contributed by atoms with Gasteiger partial charge in [0, 0.05) is 19.8 Å². The van der Waals surface area contributed by atoms with Crippen molar-refractivity contribution < 1.29 is 9.90 Å². The van der Waals surface area contributed by atoms with Gasteiger partial charge in [-0.3, -0.25) is 4.79 Å². The van der Waals surface area contributed by atoms with Gasteiger partial charge in [0.2, 0.25) is 0 Å². The van der Waals surface area contributed by atoms with Gasteiger partial charge in [-0.2, -0.15) is 12.6 Å². The number of likely N-dealkylation sites (N-methyl/N-ethyl adjacent to an activating group) is 1. The summed E-state index contributed by atoms with van der Waals surface area (Å²) in [7, 11) is 3.18. The van der Waals surface area contributed by atoms with Crippen molar-refractivity contribution in [2.24, 2.45) is 0 Å². The first-order valence-electron chi connectivity index (χ1n) is 2.59. The topological polar surface area (TPSA) is 40.5 Å². The molecule has 1 unspecified atom stereocenters. The number of hydrogen-bond donors (Lipinski definition) is 2. The summed E-state index contributed by atoms with van der Waals surface area (Å²) >= 11 is 3.75. The van der Waals surface area contributed by atoms with Crippen LogP contribution < -0.4 is 0 Å². The van der Waals surface area contributed by atoms with Gasteiger partial charge in [-0.1, -0.05) is 0 Å². The Balaban J connectivity index is 3.73. The van der Waals surface area contributed by atoms with Crippen molar-refractivity contribution >= 4 is 18.5 Å². The number of aliphatic hydroxyl groups is 1. The molecule has 0 saturated carbocycles. The number of carbonyl (C=O) groups is 1. The van der Waals surface area contributed by atoms with Gasteiger partial charge < -0.3 is 10.0 Å². The van der Waals surface area contributed by atoms with Crippen molar-refractivity contribution in [1.82, 2.24) is 4.90 Å². The van der Waals surface area contributed by atoms with E-state index in [-0.39, 0.29) is 11.7 Å². The molecule has 0 aliphatic carbocycles. The first-order chi connectivity index (χ1) is 4.09. The fourth-order valence-electron chi connectivity index (χ4n) is 0.376. The van der Waals surface area contributed by atoms with E-state index in [1.165, 1.54) is 4.90 Å². The number of nitrogens with zero attached hydrogens (tertiary/aromatic N) is 1. The summed E-state index contributed by atoms with van der Waals surface area (Å²) in [5, 5.41) is 8.83. The summed E-state index contributed by atoms with van der Waals surface area (Å²) in [5.41, 5.74) is 0. The van der Waals surface area contributed by atoms with Gasteiger partial charge in [0.15, 0.2) is 0 Å². The molecule has 0 aromatic carbocycles. The Morgan fingerprint density at radius 2 is 2.22 bits per heavy atom. The van der Waals surface area contributed by atoms with E-state index >= 15 is 0 Å². The highest BCUT2D eigenvalue weighted by Gasteiger charge is 2.13. The Hall–Kier alpha value is -0.220. The van der Waals surface area contributed by atoms with Crippen molar-refractivity contribution in [2.75, 3.05) is 19.8 Å². The molecule has 0 rings (SSSR count). The molecular formula is C5H11NO2S. The summed E-state index contributed by atoms with van der Waals surface area (Å²) < 4.78 is 0. The van der Waals surface area contributed by atoms with Gasteiger partial charge in [0.05, 0.1) is 0 Å².